The van der Waals surface area contributed by atoms with Crippen LogP contribution in [0.3, 0.4) is 0 Å². The largest absolute Gasteiger partial charge is 0.494 e. The Labute approximate surface area is 196 Å². The van der Waals surface area contributed by atoms with Gasteiger partial charge in [0.25, 0.3) is 0 Å². The van der Waals surface area contributed by atoms with E-state index in [1.165, 1.54) is 29.5 Å². The first-order valence-corrected chi connectivity index (χ1v) is 10.7. The van der Waals surface area contributed by atoms with Crippen molar-refractivity contribution in [3.8, 4) is 5.75 Å². The molecule has 1 aliphatic heterocycles. The zero-order chi connectivity index (χ0) is 20.1. The Bertz CT molecular complexity index is 861. The Morgan fingerprint density at radius 2 is 1.83 bits per heavy atom. The van der Waals surface area contributed by atoms with Gasteiger partial charge in [-0.25, -0.2) is 0 Å². The topological polar surface area (TPSA) is 68.9 Å². The third kappa shape index (κ3) is 5.27. The number of fused-ring (bicyclic) bond motifs is 1. The lowest BCUT2D eigenvalue weighted by Gasteiger charge is -2.36. The van der Waals surface area contributed by atoms with Gasteiger partial charge in [-0.2, -0.15) is 0 Å². The van der Waals surface area contributed by atoms with E-state index in [0.29, 0.717) is 19.1 Å². The fourth-order valence-corrected chi connectivity index (χ4v) is 4.45. The molecule has 0 bridgehead atoms. The second-order valence-corrected chi connectivity index (χ2v) is 8.01. The Hall–Kier alpha value is -1.80. The summed E-state index contributed by atoms with van der Waals surface area (Å²) in [5, 5.41) is 3.28. The highest BCUT2D eigenvalue weighted by Crippen LogP contribution is 2.36. The summed E-state index contributed by atoms with van der Waals surface area (Å²) in [7, 11) is 0. The molecule has 5 nitrogen and oxygen atoms in total. The highest BCUT2D eigenvalue weighted by molar-refractivity contribution is 14.0. The van der Waals surface area contributed by atoms with Crippen LogP contribution < -0.4 is 15.8 Å². The normalized spacial score (nSPS) is 17.7. The van der Waals surface area contributed by atoms with Crippen molar-refractivity contribution in [1.82, 2.24) is 0 Å². The van der Waals surface area contributed by atoms with E-state index in [1.807, 2.05) is 19.1 Å². The number of hydrogen-bond donors (Lipinski definition) is 2. The van der Waals surface area contributed by atoms with E-state index in [0.717, 1.165) is 43.9 Å². The lowest BCUT2D eigenvalue weighted by Crippen LogP contribution is -2.38. The second kappa shape index (κ2) is 10.5. The summed E-state index contributed by atoms with van der Waals surface area (Å²) in [6, 6.07) is 14.9. The molecule has 0 aromatic heterocycles. The summed E-state index contributed by atoms with van der Waals surface area (Å²) in [5.74, 6) is 1.37. The van der Waals surface area contributed by atoms with Gasteiger partial charge >= 0.3 is 0 Å². The predicted molar refractivity (Wildman–Crippen MR) is 133 cm³/mol. The van der Waals surface area contributed by atoms with E-state index < -0.39 is 0 Å². The maximum absolute atomic E-state index is 6.26. The number of anilines is 1. The number of rotatable bonds is 6. The van der Waals surface area contributed by atoms with Crippen LogP contribution in [0, 0.1) is 0 Å². The first kappa shape index (κ1) is 22.9. The number of aliphatic imine (C=N–C) groups is 1. The molecule has 1 fully saturated rings. The van der Waals surface area contributed by atoms with Crippen LogP contribution in [0.25, 0.3) is 0 Å². The van der Waals surface area contributed by atoms with Crippen LogP contribution in [0.2, 0.25) is 0 Å². The molecule has 162 valence electrons. The van der Waals surface area contributed by atoms with Gasteiger partial charge in [0, 0.05) is 24.3 Å². The Kier molecular flexibility index (Phi) is 7.99. The van der Waals surface area contributed by atoms with E-state index >= 15 is 0 Å². The third-order valence-corrected chi connectivity index (χ3v) is 6.15. The van der Waals surface area contributed by atoms with Crippen molar-refractivity contribution in [2.45, 2.75) is 44.4 Å². The van der Waals surface area contributed by atoms with Crippen molar-refractivity contribution in [2.75, 3.05) is 31.7 Å². The van der Waals surface area contributed by atoms with Crippen molar-refractivity contribution in [1.29, 1.82) is 0 Å². The first-order chi connectivity index (χ1) is 14.2. The fraction of sp³-hybridized carbons (Fsp3) is 0.458. The molecule has 1 heterocycles. The van der Waals surface area contributed by atoms with Crippen LogP contribution in [-0.4, -0.2) is 32.3 Å². The van der Waals surface area contributed by atoms with Crippen LogP contribution in [0.5, 0.6) is 5.75 Å². The van der Waals surface area contributed by atoms with Crippen LogP contribution in [0.1, 0.15) is 42.9 Å². The molecule has 0 atom stereocenters. The van der Waals surface area contributed by atoms with Crippen molar-refractivity contribution in [2.24, 2.45) is 10.7 Å². The number of ether oxygens (including phenoxy) is 2. The van der Waals surface area contributed by atoms with Gasteiger partial charge in [0.05, 0.1) is 13.2 Å². The van der Waals surface area contributed by atoms with Gasteiger partial charge in [0.2, 0.25) is 0 Å². The molecule has 0 amide bonds. The average molecular weight is 521 g/mol. The number of nitrogens with zero attached hydrogens (tertiary/aromatic N) is 1. The number of aryl methyl sites for hydroxylation is 2. The van der Waals surface area contributed by atoms with Crippen molar-refractivity contribution >= 4 is 35.6 Å². The maximum atomic E-state index is 6.26. The molecular formula is C24H32IN3O2. The van der Waals surface area contributed by atoms with Gasteiger partial charge in [0.1, 0.15) is 5.75 Å². The van der Waals surface area contributed by atoms with Gasteiger partial charge in [-0.1, -0.05) is 18.2 Å². The summed E-state index contributed by atoms with van der Waals surface area (Å²) in [4.78, 5) is 4.74. The first-order valence-electron chi connectivity index (χ1n) is 10.7. The molecule has 30 heavy (non-hydrogen) atoms. The lowest BCUT2D eigenvalue weighted by atomic mass is 9.74. The summed E-state index contributed by atoms with van der Waals surface area (Å²) in [6.07, 6.45) is 5.47. The minimum absolute atomic E-state index is 0. The molecule has 2 aromatic rings. The van der Waals surface area contributed by atoms with Crippen LogP contribution in [0.4, 0.5) is 5.69 Å². The van der Waals surface area contributed by atoms with Gasteiger partial charge < -0.3 is 20.5 Å². The Balaban J connectivity index is 0.00000256. The number of hydrogen-bond acceptors (Lipinski definition) is 3. The summed E-state index contributed by atoms with van der Waals surface area (Å²) >= 11 is 0. The van der Waals surface area contributed by atoms with E-state index in [-0.39, 0.29) is 29.4 Å². The molecule has 6 heteroatoms. The number of nitrogens with two attached hydrogens (primary N) is 1. The molecule has 3 N–H and O–H groups in total. The zero-order valence-corrected chi connectivity index (χ0v) is 20.0. The molecule has 0 saturated carbocycles. The average Bonchev–Trinajstić information content (AvgIpc) is 3.22. The quantitative estimate of drug-likeness (QED) is 0.330. The van der Waals surface area contributed by atoms with Crippen molar-refractivity contribution in [3.05, 3.63) is 59.2 Å². The Morgan fingerprint density at radius 3 is 2.57 bits per heavy atom. The van der Waals surface area contributed by atoms with E-state index in [9.17, 15) is 0 Å². The zero-order valence-electron chi connectivity index (χ0n) is 17.7. The molecule has 4 rings (SSSR count). The van der Waals surface area contributed by atoms with Gasteiger partial charge in [0.15, 0.2) is 5.96 Å². The molecule has 0 spiro atoms. The standard InChI is InChI=1S/C24H31N3O2.HI/c1-2-29-22-10-7-20(8-11-22)24(12-14-28-15-13-24)17-26-23(25)27-21-9-6-18-4-3-5-19(18)16-21;/h6-11,16H,2-5,12-15,17H2,1H3,(H3,25,26,27);1H. The molecule has 2 aromatic carbocycles. The van der Waals surface area contributed by atoms with E-state index in [2.05, 4.69) is 35.6 Å². The molecule has 1 aliphatic carbocycles. The minimum Gasteiger partial charge on any atom is -0.494 e. The molecule has 0 radical (unpaired) electrons. The number of halogens is 1. The van der Waals surface area contributed by atoms with Gasteiger partial charge in [-0.05, 0) is 80.0 Å². The molecular weight excluding hydrogens is 489 g/mol. The van der Waals surface area contributed by atoms with Crippen LogP contribution in [-0.2, 0) is 23.0 Å². The van der Waals surface area contributed by atoms with Crippen LogP contribution >= 0.6 is 24.0 Å². The molecule has 0 unspecified atom stereocenters. The van der Waals surface area contributed by atoms with Crippen molar-refractivity contribution < 1.29 is 9.47 Å². The number of benzene rings is 2. The number of nitrogens with one attached hydrogen (secondary N) is 1. The van der Waals surface area contributed by atoms with Crippen LogP contribution in [0.15, 0.2) is 47.5 Å². The molecule has 2 aliphatic rings. The summed E-state index contributed by atoms with van der Waals surface area (Å²) in [6.45, 7) is 4.82. The second-order valence-electron chi connectivity index (χ2n) is 8.01. The highest BCUT2D eigenvalue weighted by Gasteiger charge is 2.34. The maximum Gasteiger partial charge on any atom is 0.193 e. The third-order valence-electron chi connectivity index (χ3n) is 6.15. The Morgan fingerprint density at radius 1 is 1.10 bits per heavy atom. The van der Waals surface area contributed by atoms with E-state index in [1.54, 1.807) is 0 Å². The van der Waals surface area contributed by atoms with E-state index in [4.69, 9.17) is 20.2 Å². The fourth-order valence-electron chi connectivity index (χ4n) is 4.45. The summed E-state index contributed by atoms with van der Waals surface area (Å²) < 4.78 is 11.2. The number of guanidine groups is 1. The summed E-state index contributed by atoms with van der Waals surface area (Å²) in [5.41, 5.74) is 11.4. The lowest BCUT2D eigenvalue weighted by molar-refractivity contribution is 0.0531. The highest BCUT2D eigenvalue weighted by atomic mass is 127. The van der Waals surface area contributed by atoms with Gasteiger partial charge in [-0.3, -0.25) is 4.99 Å². The van der Waals surface area contributed by atoms with Gasteiger partial charge in [-0.15, -0.1) is 24.0 Å². The molecule has 1 saturated heterocycles. The minimum atomic E-state index is -0.0484. The monoisotopic (exact) mass is 521 g/mol. The predicted octanol–water partition coefficient (Wildman–Crippen LogP) is 4.67. The van der Waals surface area contributed by atoms with Crippen molar-refractivity contribution in [3.63, 3.8) is 0 Å². The smallest absolute Gasteiger partial charge is 0.193 e. The SMILES string of the molecule is CCOc1ccc(C2(CN=C(N)Nc3ccc4c(c3)CCC4)CCOCC2)cc1.I.